The zero-order valence-electron chi connectivity index (χ0n) is 12.4. The average molecular weight is 309 g/mol. The van der Waals surface area contributed by atoms with E-state index in [1.165, 1.54) is 0 Å². The summed E-state index contributed by atoms with van der Waals surface area (Å²) in [6.45, 7) is 5.22. The zero-order chi connectivity index (χ0) is 15.4. The predicted molar refractivity (Wildman–Crippen MR) is 82.7 cm³/mol. The van der Waals surface area contributed by atoms with Crippen molar-refractivity contribution in [1.29, 1.82) is 0 Å². The third kappa shape index (κ3) is 4.74. The van der Waals surface area contributed by atoms with E-state index in [0.29, 0.717) is 30.5 Å². The standard InChI is InChI=1S/C16H21ClN2O2/c1-10(2)8-18-15(20)13-7-14(13)16(21)19-9-11-3-5-12(17)6-4-11/h3-6,10,13-14H,7-9H2,1-2H3,(H,18,20)(H,19,21). The highest BCUT2D eigenvalue weighted by Gasteiger charge is 2.47. The van der Waals surface area contributed by atoms with E-state index >= 15 is 0 Å². The van der Waals surface area contributed by atoms with Crippen molar-refractivity contribution in [3.63, 3.8) is 0 Å². The van der Waals surface area contributed by atoms with Gasteiger partial charge in [-0.2, -0.15) is 0 Å². The minimum atomic E-state index is -0.176. The smallest absolute Gasteiger partial charge is 0.224 e. The van der Waals surface area contributed by atoms with Crippen LogP contribution < -0.4 is 10.6 Å². The maximum atomic E-state index is 12.0. The van der Waals surface area contributed by atoms with Crippen LogP contribution >= 0.6 is 11.6 Å². The molecule has 0 aromatic heterocycles. The molecule has 0 aliphatic heterocycles. The first-order valence-electron chi connectivity index (χ1n) is 7.27. The molecule has 1 fully saturated rings. The minimum Gasteiger partial charge on any atom is -0.356 e. The molecule has 0 heterocycles. The molecule has 2 unspecified atom stereocenters. The molecule has 1 aromatic rings. The Morgan fingerprint density at radius 1 is 1.14 bits per heavy atom. The Hall–Kier alpha value is -1.55. The summed E-state index contributed by atoms with van der Waals surface area (Å²) in [5, 5.41) is 6.42. The Labute approximate surface area is 130 Å². The second-order valence-corrected chi connectivity index (χ2v) is 6.37. The van der Waals surface area contributed by atoms with Crippen LogP contribution in [0.1, 0.15) is 25.8 Å². The molecule has 1 aliphatic carbocycles. The fourth-order valence-corrected chi connectivity index (χ4v) is 2.26. The topological polar surface area (TPSA) is 58.2 Å². The molecule has 0 saturated heterocycles. The minimum absolute atomic E-state index is 0.00431. The van der Waals surface area contributed by atoms with E-state index in [9.17, 15) is 9.59 Å². The number of benzene rings is 1. The summed E-state index contributed by atoms with van der Waals surface area (Å²) >= 11 is 5.81. The SMILES string of the molecule is CC(C)CNC(=O)C1CC1C(=O)NCc1ccc(Cl)cc1. The number of carbonyl (C=O) groups excluding carboxylic acids is 2. The van der Waals surface area contributed by atoms with Crippen LogP contribution in [0.2, 0.25) is 5.02 Å². The fraction of sp³-hybridized carbons (Fsp3) is 0.500. The maximum Gasteiger partial charge on any atom is 0.224 e. The first kappa shape index (κ1) is 15.8. The van der Waals surface area contributed by atoms with Gasteiger partial charge in [0.1, 0.15) is 0 Å². The number of hydrogen-bond donors (Lipinski definition) is 2. The summed E-state index contributed by atoms with van der Waals surface area (Å²) in [5.74, 6) is 0.0355. The molecule has 21 heavy (non-hydrogen) atoms. The van der Waals surface area contributed by atoms with Gasteiger partial charge >= 0.3 is 0 Å². The quantitative estimate of drug-likeness (QED) is 0.847. The van der Waals surface area contributed by atoms with Gasteiger partial charge in [0.2, 0.25) is 11.8 Å². The summed E-state index contributed by atoms with van der Waals surface area (Å²) in [5.41, 5.74) is 0.995. The average Bonchev–Trinajstić information content (AvgIpc) is 3.24. The highest BCUT2D eigenvalue weighted by atomic mass is 35.5. The summed E-state index contributed by atoms with van der Waals surface area (Å²) < 4.78 is 0. The number of hydrogen-bond acceptors (Lipinski definition) is 2. The lowest BCUT2D eigenvalue weighted by atomic mass is 10.2. The summed E-state index contributed by atoms with van der Waals surface area (Å²) in [6, 6.07) is 7.34. The second-order valence-electron chi connectivity index (χ2n) is 5.93. The molecular weight excluding hydrogens is 288 g/mol. The maximum absolute atomic E-state index is 12.0. The zero-order valence-corrected chi connectivity index (χ0v) is 13.1. The number of nitrogens with one attached hydrogen (secondary N) is 2. The van der Waals surface area contributed by atoms with E-state index < -0.39 is 0 Å². The van der Waals surface area contributed by atoms with E-state index in [1.807, 2.05) is 26.0 Å². The third-order valence-corrected chi connectivity index (χ3v) is 3.78. The van der Waals surface area contributed by atoms with Gasteiger partial charge in [-0.3, -0.25) is 9.59 Å². The highest BCUT2D eigenvalue weighted by Crippen LogP contribution is 2.38. The van der Waals surface area contributed by atoms with E-state index in [-0.39, 0.29) is 23.7 Å². The Morgan fingerprint density at radius 2 is 1.71 bits per heavy atom. The second kappa shape index (κ2) is 6.94. The Balaban J connectivity index is 1.73. The van der Waals surface area contributed by atoms with Gasteiger partial charge in [-0.1, -0.05) is 37.6 Å². The van der Waals surface area contributed by atoms with Gasteiger partial charge in [0.25, 0.3) is 0 Å². The van der Waals surface area contributed by atoms with Gasteiger partial charge in [-0.25, -0.2) is 0 Å². The molecule has 5 heteroatoms. The lowest BCUT2D eigenvalue weighted by molar-refractivity contribution is -0.127. The Bertz CT molecular complexity index is 514. The molecule has 2 N–H and O–H groups in total. The normalized spacial score (nSPS) is 20.2. The third-order valence-electron chi connectivity index (χ3n) is 3.53. The number of rotatable bonds is 6. The van der Waals surface area contributed by atoms with Crippen LogP contribution in [0.5, 0.6) is 0 Å². The lowest BCUT2D eigenvalue weighted by Crippen LogP contribution is -2.31. The molecular formula is C16H21ClN2O2. The largest absolute Gasteiger partial charge is 0.356 e. The molecule has 2 atom stereocenters. The van der Waals surface area contributed by atoms with Gasteiger partial charge in [0.05, 0.1) is 11.8 Å². The van der Waals surface area contributed by atoms with Crippen molar-refractivity contribution in [2.75, 3.05) is 6.54 Å². The fourth-order valence-electron chi connectivity index (χ4n) is 2.13. The summed E-state index contributed by atoms with van der Waals surface area (Å²) in [4.78, 5) is 23.8. The van der Waals surface area contributed by atoms with Gasteiger partial charge in [-0.15, -0.1) is 0 Å². The number of amides is 2. The van der Waals surface area contributed by atoms with Crippen LogP contribution in [0.4, 0.5) is 0 Å². The number of carbonyl (C=O) groups is 2. The predicted octanol–water partition coefficient (Wildman–Crippen LogP) is 2.36. The van der Waals surface area contributed by atoms with Crippen LogP contribution in [-0.4, -0.2) is 18.4 Å². The van der Waals surface area contributed by atoms with Crippen molar-refractivity contribution in [3.05, 3.63) is 34.9 Å². The molecule has 2 rings (SSSR count). The van der Waals surface area contributed by atoms with Gasteiger partial charge < -0.3 is 10.6 Å². The first-order chi connectivity index (χ1) is 9.97. The van der Waals surface area contributed by atoms with E-state index in [1.54, 1.807) is 12.1 Å². The van der Waals surface area contributed by atoms with Crippen molar-refractivity contribution in [2.24, 2.45) is 17.8 Å². The van der Waals surface area contributed by atoms with E-state index in [4.69, 9.17) is 11.6 Å². The molecule has 1 aliphatic rings. The van der Waals surface area contributed by atoms with Crippen molar-refractivity contribution in [3.8, 4) is 0 Å². The first-order valence-corrected chi connectivity index (χ1v) is 7.65. The van der Waals surface area contributed by atoms with Gasteiger partial charge in [0, 0.05) is 18.1 Å². The Morgan fingerprint density at radius 3 is 2.29 bits per heavy atom. The molecule has 4 nitrogen and oxygen atoms in total. The van der Waals surface area contributed by atoms with Crippen LogP contribution in [0.15, 0.2) is 24.3 Å². The van der Waals surface area contributed by atoms with Crippen LogP contribution in [-0.2, 0) is 16.1 Å². The lowest BCUT2D eigenvalue weighted by Gasteiger charge is -2.08. The van der Waals surface area contributed by atoms with Crippen molar-refractivity contribution in [2.45, 2.75) is 26.8 Å². The molecule has 0 spiro atoms. The van der Waals surface area contributed by atoms with Crippen LogP contribution in [0, 0.1) is 17.8 Å². The molecule has 1 saturated carbocycles. The van der Waals surface area contributed by atoms with Crippen LogP contribution in [0.3, 0.4) is 0 Å². The van der Waals surface area contributed by atoms with Gasteiger partial charge in [-0.05, 0) is 30.0 Å². The van der Waals surface area contributed by atoms with Crippen molar-refractivity contribution >= 4 is 23.4 Å². The van der Waals surface area contributed by atoms with Crippen LogP contribution in [0.25, 0.3) is 0 Å². The highest BCUT2D eigenvalue weighted by molar-refractivity contribution is 6.30. The van der Waals surface area contributed by atoms with Gasteiger partial charge in [0.15, 0.2) is 0 Å². The molecule has 1 aromatic carbocycles. The number of halogens is 1. The summed E-state index contributed by atoms with van der Waals surface area (Å²) in [7, 11) is 0. The van der Waals surface area contributed by atoms with E-state index in [2.05, 4.69) is 10.6 Å². The monoisotopic (exact) mass is 308 g/mol. The molecule has 114 valence electrons. The molecule has 0 bridgehead atoms. The van der Waals surface area contributed by atoms with Crippen molar-refractivity contribution < 1.29 is 9.59 Å². The van der Waals surface area contributed by atoms with Crippen molar-refractivity contribution in [1.82, 2.24) is 10.6 Å². The Kier molecular flexibility index (Phi) is 5.23. The molecule has 0 radical (unpaired) electrons. The van der Waals surface area contributed by atoms with E-state index in [0.717, 1.165) is 5.56 Å². The summed E-state index contributed by atoms with van der Waals surface area (Å²) in [6.07, 6.45) is 0.649. The molecule has 2 amide bonds.